The van der Waals surface area contributed by atoms with Crippen LogP contribution in [0.3, 0.4) is 0 Å². The van der Waals surface area contributed by atoms with E-state index >= 15 is 0 Å². The quantitative estimate of drug-likeness (QED) is 0.353. The standard InChI is InChI=1S/C25H34N6O4/c1-6-15(2)29-18-14-27-20-12-11-19(31(20)23(18)33)22(32)28-13-16-7-9-17(10-8-16)21(26)30-24(34)35-25(3,4)5/h7-10,14-15,19,29H,6,11-13H2,1-5H3,(H,28,32)(H2,26,30,34)/t15?,19-/m0/s1. The summed E-state index contributed by atoms with van der Waals surface area (Å²) in [5.41, 5.74) is 0.853. The lowest BCUT2D eigenvalue weighted by molar-refractivity contribution is -0.124. The Morgan fingerprint density at radius 2 is 1.94 bits per heavy atom. The van der Waals surface area contributed by atoms with E-state index in [4.69, 9.17) is 10.1 Å². The van der Waals surface area contributed by atoms with Crippen molar-refractivity contribution in [3.8, 4) is 0 Å². The zero-order valence-electron chi connectivity index (χ0n) is 20.9. The van der Waals surface area contributed by atoms with Crippen molar-refractivity contribution in [1.82, 2.24) is 20.2 Å². The molecule has 0 radical (unpaired) electrons. The van der Waals surface area contributed by atoms with Gasteiger partial charge in [0, 0.05) is 24.6 Å². The van der Waals surface area contributed by atoms with Crippen LogP contribution in [0, 0.1) is 5.41 Å². The fourth-order valence-electron chi connectivity index (χ4n) is 3.69. The highest BCUT2D eigenvalue weighted by Crippen LogP contribution is 2.23. The average Bonchev–Trinajstić information content (AvgIpc) is 3.23. The second kappa shape index (κ2) is 10.7. The number of hydrogen-bond acceptors (Lipinski definition) is 7. The van der Waals surface area contributed by atoms with Crippen LogP contribution < -0.4 is 21.5 Å². The maximum Gasteiger partial charge on any atom is 0.413 e. The van der Waals surface area contributed by atoms with Crippen molar-refractivity contribution < 1.29 is 14.3 Å². The molecule has 0 fully saturated rings. The second-order valence-electron chi connectivity index (χ2n) is 9.69. The highest BCUT2D eigenvalue weighted by Gasteiger charge is 2.31. The Balaban J connectivity index is 1.60. The summed E-state index contributed by atoms with van der Waals surface area (Å²) in [4.78, 5) is 42.1. The van der Waals surface area contributed by atoms with Crippen molar-refractivity contribution in [2.45, 2.75) is 78.1 Å². The summed E-state index contributed by atoms with van der Waals surface area (Å²) in [5.74, 6) is 0.299. The molecule has 1 aromatic heterocycles. The van der Waals surface area contributed by atoms with Gasteiger partial charge in [0.15, 0.2) is 0 Å². The highest BCUT2D eigenvalue weighted by atomic mass is 16.6. The first-order valence-corrected chi connectivity index (χ1v) is 11.8. The average molecular weight is 483 g/mol. The molecule has 2 aromatic rings. The van der Waals surface area contributed by atoms with E-state index in [-0.39, 0.29) is 29.9 Å². The number of fused-ring (bicyclic) bond motifs is 1. The van der Waals surface area contributed by atoms with Gasteiger partial charge in [-0.05, 0) is 46.1 Å². The van der Waals surface area contributed by atoms with Gasteiger partial charge in [0.2, 0.25) is 5.91 Å². The number of anilines is 1. The molecule has 0 aliphatic carbocycles. The maximum atomic E-state index is 13.0. The minimum absolute atomic E-state index is 0.0777. The van der Waals surface area contributed by atoms with E-state index in [1.54, 1.807) is 51.2 Å². The predicted molar refractivity (Wildman–Crippen MR) is 134 cm³/mol. The number of carbonyl (C=O) groups is 2. The third kappa shape index (κ3) is 6.68. The zero-order valence-corrected chi connectivity index (χ0v) is 20.9. The first-order valence-electron chi connectivity index (χ1n) is 11.8. The van der Waals surface area contributed by atoms with Gasteiger partial charge in [0.1, 0.15) is 29.0 Å². The molecule has 1 unspecified atom stereocenters. The molecule has 0 spiro atoms. The van der Waals surface area contributed by atoms with Gasteiger partial charge in [0.05, 0.1) is 6.20 Å². The molecule has 3 rings (SSSR count). The topological polar surface area (TPSA) is 138 Å². The van der Waals surface area contributed by atoms with Crippen molar-refractivity contribution in [3.05, 3.63) is 57.8 Å². The van der Waals surface area contributed by atoms with Gasteiger partial charge < -0.3 is 15.4 Å². The summed E-state index contributed by atoms with van der Waals surface area (Å²) in [6.07, 6.45) is 2.81. The van der Waals surface area contributed by atoms with Crippen LogP contribution >= 0.6 is 0 Å². The van der Waals surface area contributed by atoms with Crippen LogP contribution in [-0.2, 0) is 22.5 Å². The van der Waals surface area contributed by atoms with E-state index < -0.39 is 17.7 Å². The number of hydrogen-bond donors (Lipinski definition) is 4. The molecule has 0 saturated carbocycles. The molecule has 0 saturated heterocycles. The molecule has 2 amide bonds. The lowest BCUT2D eigenvalue weighted by atomic mass is 10.1. The molecule has 1 aliphatic heterocycles. The second-order valence-corrected chi connectivity index (χ2v) is 9.69. The molecule has 1 aliphatic rings. The molecule has 10 nitrogen and oxygen atoms in total. The number of amides is 2. The third-order valence-electron chi connectivity index (χ3n) is 5.68. The maximum absolute atomic E-state index is 13.0. The Labute approximate surface area is 205 Å². The number of amidine groups is 1. The van der Waals surface area contributed by atoms with E-state index in [0.717, 1.165) is 12.0 Å². The SMILES string of the molecule is CCC(C)Nc1cnc2n(c1=O)[C@H](C(=O)NCc1ccc(C(=N)NC(=O)OC(C)(C)C)cc1)CC2. The number of benzene rings is 1. The largest absolute Gasteiger partial charge is 0.444 e. The van der Waals surface area contributed by atoms with Gasteiger partial charge in [-0.15, -0.1) is 0 Å². The van der Waals surface area contributed by atoms with Crippen molar-refractivity contribution >= 4 is 23.5 Å². The van der Waals surface area contributed by atoms with E-state index in [9.17, 15) is 14.4 Å². The van der Waals surface area contributed by atoms with E-state index in [2.05, 4.69) is 20.9 Å². The van der Waals surface area contributed by atoms with Crippen LogP contribution in [0.4, 0.5) is 10.5 Å². The van der Waals surface area contributed by atoms with Gasteiger partial charge in [-0.1, -0.05) is 31.2 Å². The minimum atomic E-state index is -0.692. The van der Waals surface area contributed by atoms with Gasteiger partial charge in [0.25, 0.3) is 5.56 Å². The van der Waals surface area contributed by atoms with Gasteiger partial charge in [-0.25, -0.2) is 9.78 Å². The molecule has 1 aromatic carbocycles. The fourth-order valence-corrected chi connectivity index (χ4v) is 3.69. The summed E-state index contributed by atoms with van der Waals surface area (Å²) in [6.45, 7) is 9.53. The normalized spacial score (nSPS) is 15.6. The molecular weight excluding hydrogens is 448 g/mol. The van der Waals surface area contributed by atoms with Crippen molar-refractivity contribution in [3.63, 3.8) is 0 Å². The Kier molecular flexibility index (Phi) is 7.93. The zero-order chi connectivity index (χ0) is 25.8. The lowest BCUT2D eigenvalue weighted by Gasteiger charge is -2.19. The Morgan fingerprint density at radius 3 is 2.57 bits per heavy atom. The third-order valence-corrected chi connectivity index (χ3v) is 5.68. The van der Waals surface area contributed by atoms with Gasteiger partial charge in [-0.3, -0.25) is 24.9 Å². The Hall–Kier alpha value is -3.69. The van der Waals surface area contributed by atoms with Crippen LogP contribution in [-0.4, -0.2) is 39.0 Å². The van der Waals surface area contributed by atoms with Crippen molar-refractivity contribution in [1.29, 1.82) is 5.41 Å². The number of alkyl carbamates (subject to hydrolysis) is 1. The van der Waals surface area contributed by atoms with Gasteiger partial charge >= 0.3 is 6.09 Å². The van der Waals surface area contributed by atoms with E-state index in [0.29, 0.717) is 29.9 Å². The number of nitrogens with one attached hydrogen (secondary N) is 4. The number of nitrogens with zero attached hydrogens (tertiary/aromatic N) is 2. The number of aromatic nitrogens is 2. The molecule has 2 heterocycles. The fraction of sp³-hybridized carbons (Fsp3) is 0.480. The molecule has 4 N–H and O–H groups in total. The first-order chi connectivity index (χ1) is 16.5. The van der Waals surface area contributed by atoms with Crippen LogP contribution in [0.15, 0.2) is 35.3 Å². The number of carbonyl (C=O) groups excluding carboxylic acids is 2. The summed E-state index contributed by atoms with van der Waals surface area (Å²) >= 11 is 0. The molecular formula is C25H34N6O4. The van der Waals surface area contributed by atoms with Gasteiger partial charge in [-0.2, -0.15) is 0 Å². The van der Waals surface area contributed by atoms with Crippen LogP contribution in [0.2, 0.25) is 0 Å². The molecule has 188 valence electrons. The summed E-state index contributed by atoms with van der Waals surface area (Å²) < 4.78 is 6.65. The lowest BCUT2D eigenvalue weighted by Crippen LogP contribution is -2.37. The summed E-state index contributed by atoms with van der Waals surface area (Å²) in [6, 6.07) is 6.44. The first kappa shape index (κ1) is 25.9. The Bertz CT molecular complexity index is 1150. The van der Waals surface area contributed by atoms with Crippen molar-refractivity contribution in [2.75, 3.05) is 5.32 Å². The van der Waals surface area contributed by atoms with Crippen LogP contribution in [0.1, 0.15) is 70.5 Å². The monoisotopic (exact) mass is 482 g/mol. The van der Waals surface area contributed by atoms with E-state index in [1.165, 1.54) is 4.57 Å². The smallest absolute Gasteiger partial charge is 0.413 e. The highest BCUT2D eigenvalue weighted by molar-refractivity contribution is 6.04. The van der Waals surface area contributed by atoms with Crippen LogP contribution in [0.5, 0.6) is 0 Å². The predicted octanol–water partition coefficient (Wildman–Crippen LogP) is 3.11. The number of rotatable bonds is 7. The molecule has 0 bridgehead atoms. The molecule has 35 heavy (non-hydrogen) atoms. The number of aryl methyl sites for hydroxylation is 1. The van der Waals surface area contributed by atoms with Crippen LogP contribution in [0.25, 0.3) is 0 Å². The van der Waals surface area contributed by atoms with E-state index in [1.807, 2.05) is 13.8 Å². The summed E-state index contributed by atoms with van der Waals surface area (Å²) in [7, 11) is 0. The summed E-state index contributed by atoms with van der Waals surface area (Å²) in [5, 5.41) is 16.5. The molecule has 2 atom stereocenters. The number of ether oxygens (including phenoxy) is 1. The Morgan fingerprint density at radius 1 is 1.26 bits per heavy atom. The minimum Gasteiger partial charge on any atom is -0.444 e. The molecule has 10 heteroatoms. The van der Waals surface area contributed by atoms with Crippen molar-refractivity contribution in [2.24, 2.45) is 0 Å².